The number of methoxy groups -OCH3 is 1. The topological polar surface area (TPSA) is 70.6 Å². The molecule has 0 aliphatic carbocycles. The van der Waals surface area contributed by atoms with Crippen LogP contribution >= 0.6 is 12.4 Å². The van der Waals surface area contributed by atoms with Gasteiger partial charge in [0, 0.05) is 13.1 Å². The molecule has 1 aromatic carbocycles. The molecule has 5 nitrogen and oxygen atoms in total. The van der Waals surface area contributed by atoms with E-state index in [1.54, 1.807) is 6.07 Å². The van der Waals surface area contributed by atoms with Gasteiger partial charge in [-0.2, -0.15) is 0 Å². The maximum Gasteiger partial charge on any atom is 0.255 e. The Morgan fingerprint density at radius 2 is 2.30 bits per heavy atom. The van der Waals surface area contributed by atoms with Crippen LogP contribution in [0.2, 0.25) is 0 Å². The summed E-state index contributed by atoms with van der Waals surface area (Å²) in [4.78, 5) is 12.0. The maximum absolute atomic E-state index is 12.0. The largest absolute Gasteiger partial charge is 0.507 e. The molecule has 0 fully saturated rings. The number of nitrogens with one attached hydrogen (secondary N) is 2. The summed E-state index contributed by atoms with van der Waals surface area (Å²) >= 11 is 0. The van der Waals surface area contributed by atoms with Crippen LogP contribution in [0.5, 0.6) is 11.5 Å². The SMILES string of the molecule is COc1ccc(O)c(C(=O)NCC2=CCNCC2)c1.Cl. The van der Waals surface area contributed by atoms with E-state index in [0.717, 1.165) is 19.5 Å². The fraction of sp³-hybridized carbons (Fsp3) is 0.357. The van der Waals surface area contributed by atoms with Crippen molar-refractivity contribution in [2.45, 2.75) is 6.42 Å². The molecule has 0 bridgehead atoms. The van der Waals surface area contributed by atoms with Crippen LogP contribution in [0, 0.1) is 0 Å². The minimum atomic E-state index is -0.296. The van der Waals surface area contributed by atoms with E-state index in [4.69, 9.17) is 4.74 Å². The van der Waals surface area contributed by atoms with E-state index >= 15 is 0 Å². The molecule has 0 radical (unpaired) electrons. The van der Waals surface area contributed by atoms with Crippen molar-refractivity contribution >= 4 is 18.3 Å². The Balaban J connectivity index is 0.00000200. The number of aromatic hydroxyl groups is 1. The van der Waals surface area contributed by atoms with Crippen molar-refractivity contribution < 1.29 is 14.6 Å². The fourth-order valence-corrected chi connectivity index (χ4v) is 1.94. The first-order valence-corrected chi connectivity index (χ1v) is 6.24. The quantitative estimate of drug-likeness (QED) is 0.736. The summed E-state index contributed by atoms with van der Waals surface area (Å²) in [5.74, 6) is 0.206. The van der Waals surface area contributed by atoms with Crippen molar-refractivity contribution in [3.05, 3.63) is 35.4 Å². The average Bonchev–Trinajstić information content (AvgIpc) is 2.46. The number of phenols is 1. The van der Waals surface area contributed by atoms with Gasteiger partial charge in [0.1, 0.15) is 11.5 Å². The Bertz CT molecular complexity index is 503. The number of carbonyl (C=O) groups is 1. The average molecular weight is 299 g/mol. The van der Waals surface area contributed by atoms with Crippen LogP contribution in [0.4, 0.5) is 0 Å². The lowest BCUT2D eigenvalue weighted by molar-refractivity contribution is 0.0953. The van der Waals surface area contributed by atoms with Gasteiger partial charge in [0.15, 0.2) is 0 Å². The Labute approximate surface area is 124 Å². The first kappa shape index (κ1) is 16.3. The van der Waals surface area contributed by atoms with Crippen LogP contribution in [0.15, 0.2) is 29.8 Å². The number of amides is 1. The minimum Gasteiger partial charge on any atom is -0.507 e. The number of carbonyl (C=O) groups excluding carboxylic acids is 1. The van der Waals surface area contributed by atoms with Crippen LogP contribution in [-0.2, 0) is 0 Å². The predicted molar refractivity (Wildman–Crippen MR) is 79.8 cm³/mol. The van der Waals surface area contributed by atoms with Gasteiger partial charge in [0.05, 0.1) is 12.7 Å². The number of halogens is 1. The second-order valence-corrected chi connectivity index (χ2v) is 4.38. The van der Waals surface area contributed by atoms with E-state index < -0.39 is 0 Å². The zero-order valence-corrected chi connectivity index (χ0v) is 12.1. The molecule has 1 aliphatic rings. The van der Waals surface area contributed by atoms with Crippen LogP contribution in [0.3, 0.4) is 0 Å². The lowest BCUT2D eigenvalue weighted by atomic mass is 10.1. The molecule has 2 rings (SSSR count). The Hall–Kier alpha value is -1.72. The summed E-state index contributed by atoms with van der Waals surface area (Å²) in [6.07, 6.45) is 3.01. The zero-order chi connectivity index (χ0) is 13.7. The lowest BCUT2D eigenvalue weighted by Crippen LogP contribution is -2.29. The van der Waals surface area contributed by atoms with E-state index in [9.17, 15) is 9.90 Å². The second kappa shape index (κ2) is 7.77. The van der Waals surface area contributed by atoms with Crippen LogP contribution in [0.25, 0.3) is 0 Å². The Morgan fingerprint density at radius 1 is 1.50 bits per heavy atom. The number of hydrogen-bond acceptors (Lipinski definition) is 4. The summed E-state index contributed by atoms with van der Waals surface area (Å²) in [5.41, 5.74) is 1.43. The van der Waals surface area contributed by atoms with Crippen molar-refractivity contribution in [2.24, 2.45) is 0 Å². The molecular weight excluding hydrogens is 280 g/mol. The van der Waals surface area contributed by atoms with Gasteiger partial charge in [-0.25, -0.2) is 0 Å². The van der Waals surface area contributed by atoms with E-state index in [1.807, 2.05) is 0 Å². The smallest absolute Gasteiger partial charge is 0.255 e. The van der Waals surface area contributed by atoms with Crippen molar-refractivity contribution in [2.75, 3.05) is 26.7 Å². The number of phenolic OH excluding ortho intramolecular Hbond substituents is 1. The highest BCUT2D eigenvalue weighted by Gasteiger charge is 2.13. The minimum absolute atomic E-state index is 0. The molecule has 0 unspecified atom stereocenters. The van der Waals surface area contributed by atoms with Gasteiger partial charge in [-0.3, -0.25) is 4.79 Å². The third-order valence-electron chi connectivity index (χ3n) is 3.08. The molecule has 0 spiro atoms. The van der Waals surface area contributed by atoms with Gasteiger partial charge >= 0.3 is 0 Å². The highest BCUT2D eigenvalue weighted by Crippen LogP contribution is 2.22. The van der Waals surface area contributed by atoms with E-state index in [0.29, 0.717) is 12.3 Å². The summed E-state index contributed by atoms with van der Waals surface area (Å²) in [6.45, 7) is 2.29. The highest BCUT2D eigenvalue weighted by molar-refractivity contribution is 5.97. The Kier molecular flexibility index (Phi) is 6.35. The number of ether oxygens (including phenoxy) is 1. The van der Waals surface area contributed by atoms with E-state index in [-0.39, 0.29) is 29.6 Å². The normalized spacial score (nSPS) is 13.9. The van der Waals surface area contributed by atoms with Gasteiger partial charge in [0.25, 0.3) is 5.91 Å². The molecule has 20 heavy (non-hydrogen) atoms. The van der Waals surface area contributed by atoms with Crippen molar-refractivity contribution in [1.29, 1.82) is 0 Å². The van der Waals surface area contributed by atoms with E-state index in [2.05, 4.69) is 16.7 Å². The van der Waals surface area contributed by atoms with Gasteiger partial charge in [-0.05, 0) is 31.2 Å². The van der Waals surface area contributed by atoms with Crippen molar-refractivity contribution in [3.8, 4) is 11.5 Å². The predicted octanol–water partition coefficient (Wildman–Crippen LogP) is 1.47. The lowest BCUT2D eigenvalue weighted by Gasteiger charge is -2.15. The van der Waals surface area contributed by atoms with Gasteiger partial charge in [-0.1, -0.05) is 11.6 Å². The van der Waals surface area contributed by atoms with Crippen molar-refractivity contribution in [1.82, 2.24) is 10.6 Å². The van der Waals surface area contributed by atoms with Crippen LogP contribution in [-0.4, -0.2) is 37.8 Å². The number of hydrogen-bond donors (Lipinski definition) is 3. The monoisotopic (exact) mass is 298 g/mol. The molecule has 3 N–H and O–H groups in total. The third kappa shape index (κ3) is 4.15. The molecule has 1 aromatic rings. The number of rotatable bonds is 4. The molecule has 0 saturated carbocycles. The molecule has 1 heterocycles. The molecule has 0 aromatic heterocycles. The summed E-state index contributed by atoms with van der Waals surface area (Å²) < 4.78 is 5.04. The molecule has 1 amide bonds. The summed E-state index contributed by atoms with van der Waals surface area (Å²) in [6, 6.07) is 4.60. The maximum atomic E-state index is 12.0. The van der Waals surface area contributed by atoms with Crippen LogP contribution < -0.4 is 15.4 Å². The fourth-order valence-electron chi connectivity index (χ4n) is 1.94. The Morgan fingerprint density at radius 3 is 2.95 bits per heavy atom. The van der Waals surface area contributed by atoms with Gasteiger partial charge in [0.2, 0.25) is 0 Å². The molecule has 1 aliphatic heterocycles. The molecule has 110 valence electrons. The number of benzene rings is 1. The molecular formula is C14H19ClN2O3. The zero-order valence-electron chi connectivity index (χ0n) is 11.3. The summed E-state index contributed by atoms with van der Waals surface area (Å²) in [7, 11) is 1.52. The standard InChI is InChI=1S/C14H18N2O3.ClH/c1-19-11-2-3-13(17)12(8-11)14(18)16-9-10-4-6-15-7-5-10;/h2-4,8,15,17H,5-7,9H2,1H3,(H,16,18);1H. The van der Waals surface area contributed by atoms with E-state index in [1.165, 1.54) is 24.8 Å². The first-order valence-electron chi connectivity index (χ1n) is 6.24. The van der Waals surface area contributed by atoms with Gasteiger partial charge in [-0.15, -0.1) is 12.4 Å². The second-order valence-electron chi connectivity index (χ2n) is 4.38. The molecule has 6 heteroatoms. The first-order chi connectivity index (χ1) is 9.20. The summed E-state index contributed by atoms with van der Waals surface area (Å²) in [5, 5.41) is 15.7. The highest BCUT2D eigenvalue weighted by atomic mass is 35.5. The van der Waals surface area contributed by atoms with Crippen LogP contribution in [0.1, 0.15) is 16.8 Å². The molecule has 0 atom stereocenters. The van der Waals surface area contributed by atoms with Gasteiger partial charge < -0.3 is 20.5 Å². The molecule has 0 saturated heterocycles. The van der Waals surface area contributed by atoms with Crippen molar-refractivity contribution in [3.63, 3.8) is 0 Å². The third-order valence-corrected chi connectivity index (χ3v) is 3.08.